The Morgan fingerprint density at radius 3 is 2.24 bits per heavy atom. The van der Waals surface area contributed by atoms with E-state index in [0.29, 0.717) is 5.69 Å². The van der Waals surface area contributed by atoms with E-state index in [1.165, 1.54) is 12.1 Å². The third-order valence-corrected chi connectivity index (χ3v) is 2.39. The van der Waals surface area contributed by atoms with Gasteiger partial charge in [-0.05, 0) is 24.3 Å². The van der Waals surface area contributed by atoms with Crippen LogP contribution in [0.2, 0.25) is 0 Å². The highest BCUT2D eigenvalue weighted by atomic mass is 19.4. The molecule has 96 valence electrons. The lowest BCUT2D eigenvalue weighted by Gasteiger charge is -2.22. The van der Waals surface area contributed by atoms with Gasteiger partial charge in [0, 0.05) is 25.8 Å². The van der Waals surface area contributed by atoms with Crippen LogP contribution >= 0.6 is 0 Å². The number of halogens is 3. The van der Waals surface area contributed by atoms with E-state index in [2.05, 4.69) is 0 Å². The lowest BCUT2D eigenvalue weighted by Crippen LogP contribution is -2.34. The molecule has 0 aliphatic carbocycles. The molecule has 0 spiro atoms. The molecule has 1 atom stereocenters. The molecular formula is C11H15F3N2O. The molecule has 0 radical (unpaired) electrons. The molecule has 0 bridgehead atoms. The first-order valence-corrected chi connectivity index (χ1v) is 5.11. The molecule has 3 nitrogen and oxygen atoms in total. The molecule has 0 aliphatic heterocycles. The lowest BCUT2D eigenvalue weighted by atomic mass is 10.2. The van der Waals surface area contributed by atoms with E-state index in [9.17, 15) is 18.3 Å². The molecular weight excluding hydrogens is 233 g/mol. The minimum absolute atomic E-state index is 0.116. The fourth-order valence-corrected chi connectivity index (χ4v) is 1.40. The van der Waals surface area contributed by atoms with Gasteiger partial charge < -0.3 is 15.7 Å². The second-order valence-corrected chi connectivity index (χ2v) is 3.81. The smallest absolute Gasteiger partial charge is 0.390 e. The molecule has 0 aliphatic rings. The lowest BCUT2D eigenvalue weighted by molar-refractivity contribution is -0.137. The van der Waals surface area contributed by atoms with Crippen LogP contribution in [0.1, 0.15) is 5.56 Å². The molecule has 0 saturated carbocycles. The molecule has 1 aromatic rings. The van der Waals surface area contributed by atoms with Gasteiger partial charge in [-0.1, -0.05) is 0 Å². The van der Waals surface area contributed by atoms with Gasteiger partial charge in [-0.3, -0.25) is 0 Å². The van der Waals surface area contributed by atoms with E-state index in [0.717, 1.165) is 12.1 Å². The number of rotatable bonds is 4. The van der Waals surface area contributed by atoms with Gasteiger partial charge >= 0.3 is 6.18 Å². The average Bonchev–Trinajstić information content (AvgIpc) is 2.27. The molecule has 0 saturated heterocycles. The highest BCUT2D eigenvalue weighted by Crippen LogP contribution is 2.30. The van der Waals surface area contributed by atoms with E-state index in [1.807, 2.05) is 0 Å². The summed E-state index contributed by atoms with van der Waals surface area (Å²) in [6, 6.07) is 4.76. The molecule has 1 unspecified atom stereocenters. The molecule has 1 rings (SSSR count). The number of nitrogens with two attached hydrogens (primary N) is 1. The van der Waals surface area contributed by atoms with Crippen LogP contribution < -0.4 is 10.6 Å². The molecule has 1 aromatic carbocycles. The van der Waals surface area contributed by atoms with Gasteiger partial charge in [0.15, 0.2) is 0 Å². The fourth-order valence-electron chi connectivity index (χ4n) is 1.40. The number of aliphatic hydroxyl groups excluding tert-OH is 1. The normalized spacial score (nSPS) is 13.5. The average molecular weight is 248 g/mol. The first-order chi connectivity index (χ1) is 7.84. The van der Waals surface area contributed by atoms with Crippen LogP contribution in [-0.2, 0) is 6.18 Å². The van der Waals surface area contributed by atoms with Gasteiger partial charge in [-0.25, -0.2) is 0 Å². The second-order valence-electron chi connectivity index (χ2n) is 3.81. The third kappa shape index (κ3) is 3.90. The number of alkyl halides is 3. The van der Waals surface area contributed by atoms with Crippen molar-refractivity contribution in [2.45, 2.75) is 12.3 Å². The Morgan fingerprint density at radius 2 is 1.82 bits per heavy atom. The van der Waals surface area contributed by atoms with Crippen LogP contribution in [0.15, 0.2) is 24.3 Å². The maximum atomic E-state index is 12.3. The van der Waals surface area contributed by atoms with Gasteiger partial charge in [-0.2, -0.15) is 13.2 Å². The van der Waals surface area contributed by atoms with Gasteiger partial charge in [0.05, 0.1) is 11.7 Å². The fraction of sp³-hybridized carbons (Fsp3) is 0.455. The summed E-state index contributed by atoms with van der Waals surface area (Å²) >= 11 is 0. The maximum absolute atomic E-state index is 12.3. The molecule has 0 aromatic heterocycles. The number of anilines is 1. The number of nitrogens with zero attached hydrogens (tertiary/aromatic N) is 1. The van der Waals surface area contributed by atoms with E-state index in [1.54, 1.807) is 11.9 Å². The number of benzene rings is 1. The van der Waals surface area contributed by atoms with E-state index in [-0.39, 0.29) is 13.1 Å². The molecule has 17 heavy (non-hydrogen) atoms. The van der Waals surface area contributed by atoms with Crippen LogP contribution in [0.3, 0.4) is 0 Å². The first-order valence-electron chi connectivity index (χ1n) is 5.11. The Balaban J connectivity index is 2.74. The zero-order valence-electron chi connectivity index (χ0n) is 9.41. The highest BCUT2D eigenvalue weighted by Gasteiger charge is 2.30. The van der Waals surface area contributed by atoms with Crippen LogP contribution in [-0.4, -0.2) is 31.3 Å². The second kappa shape index (κ2) is 5.37. The van der Waals surface area contributed by atoms with E-state index < -0.39 is 17.8 Å². The minimum atomic E-state index is -4.33. The van der Waals surface area contributed by atoms with Crippen molar-refractivity contribution in [3.8, 4) is 0 Å². The highest BCUT2D eigenvalue weighted by molar-refractivity contribution is 5.47. The van der Waals surface area contributed by atoms with Gasteiger partial charge in [0.1, 0.15) is 0 Å². The molecule has 3 N–H and O–H groups in total. The van der Waals surface area contributed by atoms with Crippen molar-refractivity contribution in [3.63, 3.8) is 0 Å². The Labute approximate surface area is 97.6 Å². The third-order valence-electron chi connectivity index (χ3n) is 2.39. The Morgan fingerprint density at radius 1 is 1.29 bits per heavy atom. The summed E-state index contributed by atoms with van der Waals surface area (Å²) < 4.78 is 36.9. The quantitative estimate of drug-likeness (QED) is 0.848. The topological polar surface area (TPSA) is 49.5 Å². The van der Waals surface area contributed by atoms with Crippen molar-refractivity contribution >= 4 is 5.69 Å². The maximum Gasteiger partial charge on any atom is 0.416 e. The van der Waals surface area contributed by atoms with Crippen molar-refractivity contribution in [3.05, 3.63) is 29.8 Å². The summed E-state index contributed by atoms with van der Waals surface area (Å²) in [5.41, 5.74) is 5.17. The molecule has 0 fully saturated rings. The van der Waals surface area contributed by atoms with Crippen molar-refractivity contribution in [2.24, 2.45) is 5.73 Å². The van der Waals surface area contributed by atoms with Crippen molar-refractivity contribution in [1.29, 1.82) is 0 Å². The van der Waals surface area contributed by atoms with Crippen LogP contribution in [0.5, 0.6) is 0 Å². The zero-order chi connectivity index (χ0) is 13.1. The predicted molar refractivity (Wildman–Crippen MR) is 59.8 cm³/mol. The molecule has 0 amide bonds. The summed E-state index contributed by atoms with van der Waals surface area (Å²) in [7, 11) is 1.68. The van der Waals surface area contributed by atoms with Gasteiger partial charge in [0.25, 0.3) is 0 Å². The first kappa shape index (κ1) is 13.8. The number of hydrogen-bond acceptors (Lipinski definition) is 3. The Bertz CT molecular complexity index is 351. The standard InChI is InChI=1S/C11H15F3N2O/c1-16(7-10(17)6-15)9-4-2-8(3-5-9)11(12,13)14/h2-5,10,17H,6-7,15H2,1H3. The predicted octanol–water partition coefficient (Wildman–Crippen LogP) is 1.46. The molecule has 6 heteroatoms. The van der Waals surface area contributed by atoms with Crippen molar-refractivity contribution < 1.29 is 18.3 Å². The minimum Gasteiger partial charge on any atom is -0.390 e. The van der Waals surface area contributed by atoms with Crippen LogP contribution in [0.25, 0.3) is 0 Å². The summed E-state index contributed by atoms with van der Waals surface area (Å²) in [6.45, 7) is 0.396. The van der Waals surface area contributed by atoms with Gasteiger partial charge in [-0.15, -0.1) is 0 Å². The SMILES string of the molecule is CN(CC(O)CN)c1ccc(C(F)(F)F)cc1. The van der Waals surface area contributed by atoms with Gasteiger partial charge in [0.2, 0.25) is 0 Å². The largest absolute Gasteiger partial charge is 0.416 e. The van der Waals surface area contributed by atoms with E-state index in [4.69, 9.17) is 5.73 Å². The number of likely N-dealkylation sites (N-methyl/N-ethyl adjacent to an activating group) is 1. The Kier molecular flexibility index (Phi) is 4.36. The van der Waals surface area contributed by atoms with Crippen LogP contribution in [0, 0.1) is 0 Å². The van der Waals surface area contributed by atoms with Crippen LogP contribution in [0.4, 0.5) is 18.9 Å². The summed E-state index contributed by atoms with van der Waals surface area (Å²) in [4.78, 5) is 1.65. The summed E-state index contributed by atoms with van der Waals surface area (Å²) in [6.07, 6.45) is -5.02. The Hall–Kier alpha value is -1.27. The zero-order valence-corrected chi connectivity index (χ0v) is 9.41. The summed E-state index contributed by atoms with van der Waals surface area (Å²) in [5.74, 6) is 0. The monoisotopic (exact) mass is 248 g/mol. The number of hydrogen-bond donors (Lipinski definition) is 2. The molecule has 0 heterocycles. The van der Waals surface area contributed by atoms with E-state index >= 15 is 0 Å². The number of aliphatic hydroxyl groups is 1. The van der Waals surface area contributed by atoms with Crippen molar-refractivity contribution in [2.75, 3.05) is 25.0 Å². The summed E-state index contributed by atoms with van der Waals surface area (Å²) in [5, 5.41) is 9.33. The van der Waals surface area contributed by atoms with Crippen molar-refractivity contribution in [1.82, 2.24) is 0 Å².